The summed E-state index contributed by atoms with van der Waals surface area (Å²) in [6.45, 7) is 7.66. The number of piperidine rings is 1. The van der Waals surface area contributed by atoms with Crippen molar-refractivity contribution in [1.82, 2.24) is 20.4 Å². The van der Waals surface area contributed by atoms with E-state index in [9.17, 15) is 4.79 Å². The first-order chi connectivity index (χ1) is 14.1. The fraction of sp³-hybridized carbons (Fsp3) is 0.636. The Balaban J connectivity index is 0.00000450. The second-order valence-corrected chi connectivity index (χ2v) is 7.60. The molecule has 0 radical (unpaired) electrons. The monoisotopic (exact) mass is 531 g/mol. The van der Waals surface area contributed by atoms with Gasteiger partial charge in [0.25, 0.3) is 0 Å². The predicted molar refractivity (Wildman–Crippen MR) is 133 cm³/mol. The number of halogens is 1. The van der Waals surface area contributed by atoms with E-state index in [1.54, 1.807) is 19.0 Å². The van der Waals surface area contributed by atoms with E-state index in [1.165, 1.54) is 5.56 Å². The van der Waals surface area contributed by atoms with Crippen molar-refractivity contribution in [2.24, 2.45) is 4.99 Å². The molecule has 1 heterocycles. The van der Waals surface area contributed by atoms with Crippen LogP contribution in [0.5, 0.6) is 0 Å². The van der Waals surface area contributed by atoms with Crippen molar-refractivity contribution in [3.05, 3.63) is 35.9 Å². The molecular weight excluding hydrogens is 493 g/mol. The van der Waals surface area contributed by atoms with Gasteiger partial charge in [-0.05, 0) is 31.7 Å². The van der Waals surface area contributed by atoms with Crippen molar-refractivity contribution in [1.29, 1.82) is 0 Å². The van der Waals surface area contributed by atoms with Gasteiger partial charge in [0, 0.05) is 53.4 Å². The van der Waals surface area contributed by atoms with Crippen LogP contribution in [0.15, 0.2) is 35.3 Å². The minimum absolute atomic E-state index is 0. The number of carbonyl (C=O) groups is 1. The van der Waals surface area contributed by atoms with Gasteiger partial charge in [0.05, 0.1) is 6.10 Å². The van der Waals surface area contributed by atoms with Gasteiger partial charge in [-0.1, -0.05) is 30.3 Å². The number of benzene rings is 1. The maximum atomic E-state index is 11.7. The van der Waals surface area contributed by atoms with Gasteiger partial charge in [-0.2, -0.15) is 0 Å². The number of guanidine groups is 1. The number of aliphatic imine (C=N–C) groups is 1. The first-order valence-corrected chi connectivity index (χ1v) is 10.7. The van der Waals surface area contributed by atoms with Gasteiger partial charge in [-0.25, -0.2) is 4.99 Å². The maximum Gasteiger partial charge on any atom is 0.243 e. The van der Waals surface area contributed by atoms with E-state index >= 15 is 0 Å². The first kappa shape index (κ1) is 26.6. The van der Waals surface area contributed by atoms with Gasteiger partial charge in [0.2, 0.25) is 5.91 Å². The molecule has 1 aromatic rings. The van der Waals surface area contributed by atoms with Gasteiger partial charge in [-0.3, -0.25) is 9.69 Å². The van der Waals surface area contributed by atoms with Crippen LogP contribution in [0, 0.1) is 0 Å². The lowest BCUT2D eigenvalue weighted by atomic mass is 10.1. The summed E-state index contributed by atoms with van der Waals surface area (Å²) in [7, 11) is 3.48. The lowest BCUT2D eigenvalue weighted by Crippen LogP contribution is -2.39. The van der Waals surface area contributed by atoms with Crippen molar-refractivity contribution in [3.8, 4) is 0 Å². The van der Waals surface area contributed by atoms with Gasteiger partial charge < -0.3 is 20.3 Å². The summed E-state index contributed by atoms with van der Waals surface area (Å²) >= 11 is 0. The SMILES string of the molecule is CCNC(=NCC(=O)N(C)C)NCCCOC1CCN(Cc2ccccc2)CC1.I. The Bertz CT molecular complexity index is 619. The van der Waals surface area contributed by atoms with Crippen molar-refractivity contribution >= 4 is 35.8 Å². The molecule has 0 bridgehead atoms. The number of hydrogen-bond acceptors (Lipinski definition) is 4. The highest BCUT2D eigenvalue weighted by atomic mass is 127. The van der Waals surface area contributed by atoms with Crippen LogP contribution in [0.4, 0.5) is 0 Å². The fourth-order valence-corrected chi connectivity index (χ4v) is 3.23. The lowest BCUT2D eigenvalue weighted by Gasteiger charge is -2.32. The molecule has 1 aliphatic heterocycles. The molecule has 1 aliphatic rings. The van der Waals surface area contributed by atoms with Crippen LogP contribution in [0.25, 0.3) is 0 Å². The lowest BCUT2D eigenvalue weighted by molar-refractivity contribution is -0.127. The van der Waals surface area contributed by atoms with Gasteiger partial charge in [0.1, 0.15) is 6.54 Å². The van der Waals surface area contributed by atoms with E-state index < -0.39 is 0 Å². The normalized spacial score (nSPS) is 15.4. The Labute approximate surface area is 198 Å². The zero-order chi connectivity index (χ0) is 20.9. The zero-order valence-electron chi connectivity index (χ0n) is 18.6. The number of rotatable bonds is 10. The third-order valence-corrected chi connectivity index (χ3v) is 4.97. The van der Waals surface area contributed by atoms with Gasteiger partial charge in [0.15, 0.2) is 5.96 Å². The smallest absolute Gasteiger partial charge is 0.243 e. The number of amides is 1. The highest BCUT2D eigenvalue weighted by molar-refractivity contribution is 14.0. The second-order valence-electron chi connectivity index (χ2n) is 7.60. The minimum Gasteiger partial charge on any atom is -0.378 e. The molecule has 0 unspecified atom stereocenters. The topological polar surface area (TPSA) is 69.2 Å². The summed E-state index contributed by atoms with van der Waals surface area (Å²) in [5, 5.41) is 6.43. The summed E-state index contributed by atoms with van der Waals surface area (Å²) in [5.41, 5.74) is 1.38. The average Bonchev–Trinajstić information content (AvgIpc) is 2.73. The molecule has 1 saturated heterocycles. The van der Waals surface area contributed by atoms with E-state index in [4.69, 9.17) is 4.74 Å². The molecule has 30 heavy (non-hydrogen) atoms. The molecule has 0 aromatic heterocycles. The molecular formula is C22H38IN5O2. The molecule has 0 atom stereocenters. The number of carbonyl (C=O) groups excluding carboxylic acids is 1. The standard InChI is InChI=1S/C22H37N5O2.HI/c1-4-23-22(25-17-21(28)26(2)3)24-13-8-16-29-20-11-14-27(15-12-20)18-19-9-6-5-7-10-19;/h5-7,9-10,20H,4,8,11-18H2,1-3H3,(H2,23,24,25);1H. The largest absolute Gasteiger partial charge is 0.378 e. The molecule has 0 spiro atoms. The highest BCUT2D eigenvalue weighted by Crippen LogP contribution is 2.16. The number of nitrogens with zero attached hydrogens (tertiary/aromatic N) is 3. The maximum absolute atomic E-state index is 11.7. The van der Waals surface area contributed by atoms with E-state index in [-0.39, 0.29) is 36.4 Å². The van der Waals surface area contributed by atoms with Crippen LogP contribution in [0.1, 0.15) is 31.7 Å². The molecule has 0 aliphatic carbocycles. The molecule has 0 saturated carbocycles. The van der Waals surface area contributed by atoms with Gasteiger partial charge in [-0.15, -0.1) is 24.0 Å². The quantitative estimate of drug-likeness (QED) is 0.210. The predicted octanol–water partition coefficient (Wildman–Crippen LogP) is 2.32. The number of nitrogens with one attached hydrogen (secondary N) is 2. The van der Waals surface area contributed by atoms with Crippen LogP contribution >= 0.6 is 24.0 Å². The summed E-state index contributed by atoms with van der Waals surface area (Å²) in [4.78, 5) is 20.0. The number of hydrogen-bond donors (Lipinski definition) is 2. The van der Waals surface area contributed by atoms with Crippen molar-refractivity contribution < 1.29 is 9.53 Å². The zero-order valence-corrected chi connectivity index (χ0v) is 20.9. The van der Waals surface area contributed by atoms with E-state index in [1.807, 2.05) is 6.92 Å². The first-order valence-electron chi connectivity index (χ1n) is 10.7. The van der Waals surface area contributed by atoms with E-state index in [2.05, 4.69) is 50.9 Å². The summed E-state index contributed by atoms with van der Waals surface area (Å²) < 4.78 is 6.07. The molecule has 2 N–H and O–H groups in total. The number of likely N-dealkylation sites (tertiary alicyclic amines) is 1. The van der Waals surface area contributed by atoms with Crippen LogP contribution in [-0.4, -0.2) is 81.2 Å². The van der Waals surface area contributed by atoms with Crippen LogP contribution in [-0.2, 0) is 16.1 Å². The van der Waals surface area contributed by atoms with Crippen LogP contribution < -0.4 is 10.6 Å². The average molecular weight is 531 g/mol. The minimum atomic E-state index is -0.0101. The number of likely N-dealkylation sites (N-methyl/N-ethyl adjacent to an activating group) is 1. The summed E-state index contributed by atoms with van der Waals surface area (Å²) in [6.07, 6.45) is 3.46. The Morgan fingerprint density at radius 2 is 1.90 bits per heavy atom. The molecule has 1 amide bonds. The van der Waals surface area contributed by atoms with E-state index in [0.717, 1.165) is 58.6 Å². The second kappa shape index (κ2) is 15.4. The van der Waals surface area contributed by atoms with Crippen molar-refractivity contribution in [3.63, 3.8) is 0 Å². The fourth-order valence-electron chi connectivity index (χ4n) is 3.23. The third kappa shape index (κ3) is 10.6. The Morgan fingerprint density at radius 3 is 2.53 bits per heavy atom. The molecule has 1 fully saturated rings. The molecule has 1 aromatic carbocycles. The number of ether oxygens (including phenoxy) is 1. The Hall–Kier alpha value is -1.39. The van der Waals surface area contributed by atoms with Gasteiger partial charge >= 0.3 is 0 Å². The Morgan fingerprint density at radius 1 is 1.20 bits per heavy atom. The summed E-state index contributed by atoms with van der Waals surface area (Å²) in [6, 6.07) is 10.7. The van der Waals surface area contributed by atoms with E-state index in [0.29, 0.717) is 12.1 Å². The molecule has 170 valence electrons. The van der Waals surface area contributed by atoms with Crippen LogP contribution in [0.3, 0.4) is 0 Å². The third-order valence-electron chi connectivity index (χ3n) is 4.97. The highest BCUT2D eigenvalue weighted by Gasteiger charge is 2.19. The molecule has 8 heteroatoms. The summed E-state index contributed by atoms with van der Waals surface area (Å²) in [5.74, 6) is 0.668. The molecule has 2 rings (SSSR count). The van der Waals surface area contributed by atoms with Crippen molar-refractivity contribution in [2.75, 3.05) is 53.4 Å². The molecule has 7 nitrogen and oxygen atoms in total. The van der Waals surface area contributed by atoms with Crippen LogP contribution in [0.2, 0.25) is 0 Å². The van der Waals surface area contributed by atoms with Crippen molar-refractivity contribution in [2.45, 2.75) is 38.8 Å². The Kier molecular flexibility index (Phi) is 13.7.